The molecule has 0 bridgehead atoms. The summed E-state index contributed by atoms with van der Waals surface area (Å²) in [5, 5.41) is 3.50. The Kier molecular flexibility index (Phi) is 4.63. The molecule has 1 aromatic rings. The quantitative estimate of drug-likeness (QED) is 0.885. The van der Waals surface area contributed by atoms with Crippen molar-refractivity contribution >= 4 is 0 Å². The maximum Gasteiger partial charge on any atom is 0.167 e. The zero-order valence-corrected chi connectivity index (χ0v) is 12.4. The molecular weight excluding hydrogens is 260 g/mol. The second-order valence-corrected chi connectivity index (χ2v) is 6.19. The van der Waals surface area contributed by atoms with Gasteiger partial charge in [0.2, 0.25) is 0 Å². The summed E-state index contributed by atoms with van der Waals surface area (Å²) in [6, 6.07) is 3.65. The van der Waals surface area contributed by atoms with Crippen LogP contribution in [0.2, 0.25) is 0 Å². The van der Waals surface area contributed by atoms with Crippen LogP contribution in [0.3, 0.4) is 0 Å². The molecule has 1 aliphatic rings. The van der Waals surface area contributed by atoms with E-state index in [1.165, 1.54) is 12.1 Å². The molecule has 4 heteroatoms. The molecule has 2 rings (SSSR count). The first-order valence-electron chi connectivity index (χ1n) is 7.29. The van der Waals surface area contributed by atoms with Crippen LogP contribution in [0.5, 0.6) is 5.75 Å². The fourth-order valence-corrected chi connectivity index (χ4v) is 2.91. The first-order chi connectivity index (χ1) is 9.44. The van der Waals surface area contributed by atoms with E-state index in [0.717, 1.165) is 31.9 Å². The van der Waals surface area contributed by atoms with E-state index in [1.807, 2.05) is 0 Å². The molecule has 1 N–H and O–H groups in total. The van der Waals surface area contributed by atoms with Gasteiger partial charge < -0.3 is 10.1 Å². The van der Waals surface area contributed by atoms with E-state index in [-0.39, 0.29) is 23.3 Å². The van der Waals surface area contributed by atoms with Crippen LogP contribution in [0, 0.1) is 17.0 Å². The largest absolute Gasteiger partial charge is 0.486 e. The predicted molar refractivity (Wildman–Crippen MR) is 75.9 cm³/mol. The highest BCUT2D eigenvalue weighted by Gasteiger charge is 2.43. The Balaban J connectivity index is 2.11. The lowest BCUT2D eigenvalue weighted by molar-refractivity contribution is 0.135. The van der Waals surface area contributed by atoms with E-state index in [2.05, 4.69) is 26.1 Å². The molecule has 0 spiro atoms. The second-order valence-electron chi connectivity index (χ2n) is 6.19. The van der Waals surface area contributed by atoms with E-state index < -0.39 is 11.6 Å². The Bertz CT molecular complexity index is 462. The third-order valence-corrected chi connectivity index (χ3v) is 4.07. The second kappa shape index (κ2) is 6.08. The van der Waals surface area contributed by atoms with Gasteiger partial charge in [-0.25, -0.2) is 8.78 Å². The molecule has 0 radical (unpaired) electrons. The van der Waals surface area contributed by atoms with E-state index in [0.29, 0.717) is 0 Å². The summed E-state index contributed by atoms with van der Waals surface area (Å²) in [4.78, 5) is 0. The third kappa shape index (κ3) is 3.29. The SMILES string of the molecule is CCCNC1C(Oc2ccc(F)cc2F)CCC1(C)C. The van der Waals surface area contributed by atoms with Gasteiger partial charge in [0.15, 0.2) is 11.6 Å². The van der Waals surface area contributed by atoms with Crippen LogP contribution in [-0.2, 0) is 0 Å². The summed E-state index contributed by atoms with van der Waals surface area (Å²) < 4.78 is 32.4. The predicted octanol–water partition coefficient (Wildman–Crippen LogP) is 3.90. The molecule has 0 amide bonds. The maximum absolute atomic E-state index is 13.7. The molecule has 2 atom stereocenters. The lowest BCUT2D eigenvalue weighted by Gasteiger charge is -2.31. The van der Waals surface area contributed by atoms with Gasteiger partial charge in [-0.2, -0.15) is 0 Å². The van der Waals surface area contributed by atoms with Crippen molar-refractivity contribution in [3.63, 3.8) is 0 Å². The topological polar surface area (TPSA) is 21.3 Å². The summed E-state index contributed by atoms with van der Waals surface area (Å²) in [5.74, 6) is -1.08. The minimum atomic E-state index is -0.635. The molecule has 0 aromatic heterocycles. The number of rotatable bonds is 5. The van der Waals surface area contributed by atoms with Gasteiger partial charge in [-0.3, -0.25) is 0 Å². The molecule has 0 aliphatic heterocycles. The first kappa shape index (κ1) is 15.2. The molecule has 20 heavy (non-hydrogen) atoms. The van der Waals surface area contributed by atoms with E-state index in [1.54, 1.807) is 0 Å². The summed E-state index contributed by atoms with van der Waals surface area (Å²) in [6.45, 7) is 7.43. The number of ether oxygens (including phenoxy) is 1. The van der Waals surface area contributed by atoms with Crippen molar-refractivity contribution in [1.82, 2.24) is 5.32 Å². The van der Waals surface area contributed by atoms with Crippen LogP contribution in [0.1, 0.15) is 40.0 Å². The van der Waals surface area contributed by atoms with Crippen LogP contribution >= 0.6 is 0 Å². The van der Waals surface area contributed by atoms with E-state index >= 15 is 0 Å². The molecule has 112 valence electrons. The van der Waals surface area contributed by atoms with Crippen LogP contribution in [0.4, 0.5) is 8.78 Å². The summed E-state index contributed by atoms with van der Waals surface area (Å²) in [7, 11) is 0. The van der Waals surface area contributed by atoms with Gasteiger partial charge >= 0.3 is 0 Å². The number of halogens is 2. The lowest BCUT2D eigenvalue weighted by atomic mass is 9.87. The fraction of sp³-hybridized carbons (Fsp3) is 0.625. The minimum absolute atomic E-state index is 0.0727. The highest BCUT2D eigenvalue weighted by atomic mass is 19.1. The van der Waals surface area contributed by atoms with Crippen LogP contribution in [0.15, 0.2) is 18.2 Å². The maximum atomic E-state index is 13.7. The number of nitrogens with one attached hydrogen (secondary N) is 1. The molecule has 0 saturated heterocycles. The molecule has 1 fully saturated rings. The molecule has 2 nitrogen and oxygen atoms in total. The Labute approximate surface area is 119 Å². The molecule has 2 unspecified atom stereocenters. The Morgan fingerprint density at radius 3 is 2.75 bits per heavy atom. The monoisotopic (exact) mass is 283 g/mol. The van der Waals surface area contributed by atoms with Gasteiger partial charge in [-0.1, -0.05) is 20.8 Å². The average Bonchev–Trinajstić information content (AvgIpc) is 2.65. The van der Waals surface area contributed by atoms with Gasteiger partial charge in [0.1, 0.15) is 11.9 Å². The Hall–Kier alpha value is -1.16. The van der Waals surface area contributed by atoms with Crippen molar-refractivity contribution < 1.29 is 13.5 Å². The minimum Gasteiger partial charge on any atom is -0.486 e. The zero-order chi connectivity index (χ0) is 14.8. The average molecular weight is 283 g/mol. The van der Waals surface area contributed by atoms with Crippen molar-refractivity contribution in [2.75, 3.05) is 6.54 Å². The van der Waals surface area contributed by atoms with Gasteiger partial charge in [-0.05, 0) is 43.4 Å². The van der Waals surface area contributed by atoms with Crippen molar-refractivity contribution in [2.45, 2.75) is 52.2 Å². The highest BCUT2D eigenvalue weighted by molar-refractivity contribution is 5.25. The molecular formula is C16H23F2NO. The Morgan fingerprint density at radius 1 is 1.35 bits per heavy atom. The summed E-state index contributed by atoms with van der Waals surface area (Å²) >= 11 is 0. The van der Waals surface area contributed by atoms with Crippen molar-refractivity contribution in [3.05, 3.63) is 29.8 Å². The Morgan fingerprint density at radius 2 is 2.10 bits per heavy atom. The number of benzene rings is 1. The van der Waals surface area contributed by atoms with Crippen molar-refractivity contribution in [3.8, 4) is 5.75 Å². The van der Waals surface area contributed by atoms with E-state index in [4.69, 9.17) is 4.74 Å². The van der Waals surface area contributed by atoms with Crippen LogP contribution in [-0.4, -0.2) is 18.7 Å². The summed E-state index contributed by atoms with van der Waals surface area (Å²) in [6.07, 6.45) is 2.88. The van der Waals surface area contributed by atoms with Crippen molar-refractivity contribution in [1.29, 1.82) is 0 Å². The smallest absolute Gasteiger partial charge is 0.167 e. The zero-order valence-electron chi connectivity index (χ0n) is 12.4. The number of hydrogen-bond acceptors (Lipinski definition) is 2. The molecule has 1 saturated carbocycles. The van der Waals surface area contributed by atoms with Crippen LogP contribution < -0.4 is 10.1 Å². The van der Waals surface area contributed by atoms with Gasteiger partial charge in [0.25, 0.3) is 0 Å². The fourth-order valence-electron chi connectivity index (χ4n) is 2.91. The molecule has 0 heterocycles. The lowest BCUT2D eigenvalue weighted by Crippen LogP contribution is -2.47. The highest BCUT2D eigenvalue weighted by Crippen LogP contribution is 2.39. The van der Waals surface area contributed by atoms with Gasteiger partial charge in [0.05, 0.1) is 0 Å². The number of hydrogen-bond donors (Lipinski definition) is 1. The normalized spacial score (nSPS) is 24.9. The molecule has 1 aliphatic carbocycles. The van der Waals surface area contributed by atoms with Crippen LogP contribution in [0.25, 0.3) is 0 Å². The van der Waals surface area contributed by atoms with Crippen molar-refractivity contribution in [2.24, 2.45) is 5.41 Å². The van der Waals surface area contributed by atoms with E-state index in [9.17, 15) is 8.78 Å². The van der Waals surface area contributed by atoms with Gasteiger partial charge in [-0.15, -0.1) is 0 Å². The first-order valence-corrected chi connectivity index (χ1v) is 7.29. The summed E-state index contributed by atoms with van der Waals surface area (Å²) in [5.41, 5.74) is 0.121. The molecule has 1 aromatic carbocycles. The third-order valence-electron chi connectivity index (χ3n) is 4.07. The van der Waals surface area contributed by atoms with Gasteiger partial charge in [0, 0.05) is 12.1 Å². The standard InChI is InChI=1S/C16H23F2NO/c1-4-9-19-15-14(7-8-16(15,2)3)20-13-6-5-11(17)10-12(13)18/h5-6,10,14-15,19H,4,7-9H2,1-3H3.